The summed E-state index contributed by atoms with van der Waals surface area (Å²) in [6, 6.07) is 12.2. The van der Waals surface area contributed by atoms with E-state index in [1.807, 2.05) is 17.6 Å². The van der Waals surface area contributed by atoms with Crippen molar-refractivity contribution >= 4 is 29.6 Å². The molecule has 142 valence electrons. The zero-order chi connectivity index (χ0) is 19.6. The highest BCUT2D eigenvalue weighted by atomic mass is 35.5. The van der Waals surface area contributed by atoms with E-state index in [1.165, 1.54) is 13.3 Å². The minimum atomic E-state index is -1.12. The summed E-state index contributed by atoms with van der Waals surface area (Å²) in [5, 5.41) is 4.16. The number of carbonyl (C=O) groups excluding carboxylic acids is 2. The summed E-state index contributed by atoms with van der Waals surface area (Å²) in [7, 11) is 1.50. The molecule has 27 heavy (non-hydrogen) atoms. The van der Waals surface area contributed by atoms with Gasteiger partial charge in [0.15, 0.2) is 11.5 Å². The zero-order valence-corrected chi connectivity index (χ0v) is 15.2. The second kappa shape index (κ2) is 10.0. The number of hydrogen-bond acceptors (Lipinski definition) is 6. The molecule has 0 heterocycles. The average Bonchev–Trinajstić information content (AvgIpc) is 2.66. The van der Waals surface area contributed by atoms with Gasteiger partial charge in [0.05, 0.1) is 18.3 Å². The first-order valence-electron chi connectivity index (χ1n) is 7.82. The Morgan fingerprint density at radius 3 is 2.48 bits per heavy atom. The smallest absolute Gasteiger partial charge is 0.329 e. The van der Waals surface area contributed by atoms with E-state index in [4.69, 9.17) is 31.5 Å². The fourth-order valence-electron chi connectivity index (χ4n) is 1.97. The van der Waals surface area contributed by atoms with Crippen LogP contribution in [-0.4, -0.2) is 38.4 Å². The SMILES string of the molecule is COc1cc(/C=N\NC(=O)C(N)=O)ccc1OCCOc1ccccc1Cl. The molecule has 0 atom stereocenters. The Kier molecular flexibility index (Phi) is 7.45. The Balaban J connectivity index is 1.90. The normalized spacial score (nSPS) is 10.4. The van der Waals surface area contributed by atoms with Gasteiger partial charge >= 0.3 is 11.8 Å². The number of nitrogens with two attached hydrogens (primary N) is 1. The number of methoxy groups -OCH3 is 1. The fourth-order valence-corrected chi connectivity index (χ4v) is 2.16. The first-order valence-corrected chi connectivity index (χ1v) is 8.20. The van der Waals surface area contributed by atoms with Gasteiger partial charge in [-0.05, 0) is 35.9 Å². The Morgan fingerprint density at radius 1 is 1.11 bits per heavy atom. The summed E-state index contributed by atoms with van der Waals surface area (Å²) in [6.45, 7) is 0.582. The number of nitrogens with one attached hydrogen (secondary N) is 1. The van der Waals surface area contributed by atoms with Gasteiger partial charge in [0, 0.05) is 0 Å². The van der Waals surface area contributed by atoms with Gasteiger partial charge in [-0.15, -0.1) is 0 Å². The number of halogens is 1. The molecule has 0 bridgehead atoms. The first kappa shape index (κ1) is 20.1. The lowest BCUT2D eigenvalue weighted by molar-refractivity contribution is -0.137. The summed E-state index contributed by atoms with van der Waals surface area (Å²) >= 11 is 6.01. The molecule has 0 spiro atoms. The van der Waals surface area contributed by atoms with E-state index >= 15 is 0 Å². The second-order valence-electron chi connectivity index (χ2n) is 5.10. The van der Waals surface area contributed by atoms with E-state index in [2.05, 4.69) is 5.10 Å². The van der Waals surface area contributed by atoms with E-state index in [-0.39, 0.29) is 6.61 Å². The van der Waals surface area contributed by atoms with Gasteiger partial charge in [0.1, 0.15) is 19.0 Å². The Morgan fingerprint density at radius 2 is 1.81 bits per heavy atom. The molecule has 0 aliphatic rings. The van der Waals surface area contributed by atoms with Gasteiger partial charge in [-0.25, -0.2) is 5.43 Å². The standard InChI is InChI=1S/C18H18ClN3O5/c1-25-16-10-12(11-21-22-18(24)17(20)23)6-7-15(16)27-9-8-26-14-5-3-2-4-13(14)19/h2-7,10-11H,8-9H2,1H3,(H2,20,23)(H,22,24)/b21-11-. The van der Waals surface area contributed by atoms with Crippen LogP contribution in [0.25, 0.3) is 0 Å². The molecule has 3 N–H and O–H groups in total. The number of hydrogen-bond donors (Lipinski definition) is 2. The third kappa shape index (κ3) is 6.19. The van der Waals surface area contributed by atoms with Crippen molar-refractivity contribution in [3.63, 3.8) is 0 Å². The summed E-state index contributed by atoms with van der Waals surface area (Å²) < 4.78 is 16.5. The average molecular weight is 392 g/mol. The van der Waals surface area contributed by atoms with E-state index < -0.39 is 11.8 Å². The highest BCUT2D eigenvalue weighted by molar-refractivity contribution is 6.34. The molecule has 0 unspecified atom stereocenters. The Labute approximate surface area is 160 Å². The molecule has 0 aliphatic heterocycles. The second-order valence-corrected chi connectivity index (χ2v) is 5.51. The van der Waals surface area contributed by atoms with E-state index in [1.54, 1.807) is 30.3 Å². The summed E-state index contributed by atoms with van der Waals surface area (Å²) in [5.41, 5.74) is 7.43. The summed E-state index contributed by atoms with van der Waals surface area (Å²) in [4.78, 5) is 21.6. The molecule has 2 aromatic rings. The summed E-state index contributed by atoms with van der Waals surface area (Å²) in [6.07, 6.45) is 1.34. The van der Waals surface area contributed by atoms with Crippen molar-refractivity contribution in [2.45, 2.75) is 0 Å². The Hall–Kier alpha value is -3.26. The molecule has 2 aromatic carbocycles. The molecule has 0 aliphatic carbocycles. The molecule has 9 heteroatoms. The summed E-state index contributed by atoms with van der Waals surface area (Å²) in [5.74, 6) is -0.556. The molecule has 2 amide bonds. The van der Waals surface area contributed by atoms with Crippen LogP contribution in [0.3, 0.4) is 0 Å². The predicted molar refractivity (Wildman–Crippen MR) is 100 cm³/mol. The number of para-hydroxylation sites is 1. The quantitative estimate of drug-likeness (QED) is 0.308. The largest absolute Gasteiger partial charge is 0.493 e. The van der Waals surface area contributed by atoms with Crippen LogP contribution in [0.2, 0.25) is 5.02 Å². The molecule has 0 saturated heterocycles. The molecule has 0 radical (unpaired) electrons. The predicted octanol–water partition coefficient (Wildman–Crippen LogP) is 1.74. The molecule has 0 aromatic heterocycles. The number of ether oxygens (including phenoxy) is 3. The maximum atomic E-state index is 11.0. The monoisotopic (exact) mass is 391 g/mol. The number of nitrogens with zero attached hydrogens (tertiary/aromatic N) is 1. The van der Waals surface area contributed by atoms with Crippen LogP contribution in [0.5, 0.6) is 17.2 Å². The maximum absolute atomic E-state index is 11.0. The van der Waals surface area contributed by atoms with Gasteiger partial charge in [-0.3, -0.25) is 9.59 Å². The minimum Gasteiger partial charge on any atom is -0.493 e. The minimum absolute atomic E-state index is 0.281. The van der Waals surface area contributed by atoms with Crippen LogP contribution >= 0.6 is 11.6 Å². The third-order valence-corrected chi connectivity index (χ3v) is 3.54. The van der Waals surface area contributed by atoms with E-state index in [0.29, 0.717) is 34.4 Å². The molecule has 0 saturated carbocycles. The van der Waals surface area contributed by atoms with Gasteiger partial charge in [0.25, 0.3) is 0 Å². The van der Waals surface area contributed by atoms with Crippen LogP contribution in [-0.2, 0) is 9.59 Å². The molecule has 0 fully saturated rings. The van der Waals surface area contributed by atoms with E-state index in [9.17, 15) is 9.59 Å². The molecular weight excluding hydrogens is 374 g/mol. The van der Waals surface area contributed by atoms with Crippen molar-refractivity contribution in [3.05, 3.63) is 53.1 Å². The van der Waals surface area contributed by atoms with Gasteiger partial charge < -0.3 is 19.9 Å². The van der Waals surface area contributed by atoms with Crippen LogP contribution in [0, 0.1) is 0 Å². The molecule has 2 rings (SSSR count). The van der Waals surface area contributed by atoms with Crippen LogP contribution in [0.15, 0.2) is 47.6 Å². The number of amides is 2. The van der Waals surface area contributed by atoms with Crippen molar-refractivity contribution in [2.24, 2.45) is 10.8 Å². The number of rotatable bonds is 8. The zero-order valence-electron chi connectivity index (χ0n) is 14.5. The van der Waals surface area contributed by atoms with Crippen molar-refractivity contribution in [1.82, 2.24) is 5.43 Å². The maximum Gasteiger partial charge on any atom is 0.329 e. The van der Waals surface area contributed by atoms with Gasteiger partial charge in [-0.2, -0.15) is 5.10 Å². The number of benzene rings is 2. The number of carbonyl (C=O) groups is 2. The highest BCUT2D eigenvalue weighted by Crippen LogP contribution is 2.28. The van der Waals surface area contributed by atoms with Gasteiger partial charge in [0.2, 0.25) is 0 Å². The third-order valence-electron chi connectivity index (χ3n) is 3.23. The molecule has 8 nitrogen and oxygen atoms in total. The van der Waals surface area contributed by atoms with Crippen molar-refractivity contribution in [2.75, 3.05) is 20.3 Å². The number of primary amides is 1. The number of hydrazone groups is 1. The topological polar surface area (TPSA) is 112 Å². The van der Waals surface area contributed by atoms with Crippen molar-refractivity contribution in [3.8, 4) is 17.2 Å². The fraction of sp³-hybridized carbons (Fsp3) is 0.167. The highest BCUT2D eigenvalue weighted by Gasteiger charge is 2.07. The van der Waals surface area contributed by atoms with Crippen LogP contribution in [0.4, 0.5) is 0 Å². The van der Waals surface area contributed by atoms with E-state index in [0.717, 1.165) is 0 Å². The molecular formula is C18H18ClN3O5. The van der Waals surface area contributed by atoms with Crippen molar-refractivity contribution in [1.29, 1.82) is 0 Å². The van der Waals surface area contributed by atoms with Gasteiger partial charge in [-0.1, -0.05) is 23.7 Å². The Bertz CT molecular complexity index is 841. The lowest BCUT2D eigenvalue weighted by Gasteiger charge is -2.12. The van der Waals surface area contributed by atoms with Crippen molar-refractivity contribution < 1.29 is 23.8 Å². The lowest BCUT2D eigenvalue weighted by atomic mass is 10.2. The lowest BCUT2D eigenvalue weighted by Crippen LogP contribution is -2.32. The van der Waals surface area contributed by atoms with Crippen LogP contribution < -0.4 is 25.4 Å². The van der Waals surface area contributed by atoms with Crippen LogP contribution in [0.1, 0.15) is 5.56 Å². The first-order chi connectivity index (χ1) is 13.0.